The zero-order chi connectivity index (χ0) is 17.6. The summed E-state index contributed by atoms with van der Waals surface area (Å²) in [7, 11) is 0. The molecule has 3 heterocycles. The maximum absolute atomic E-state index is 12.8. The molecule has 6 heteroatoms. The predicted molar refractivity (Wildman–Crippen MR) is 90.6 cm³/mol. The van der Waals surface area contributed by atoms with E-state index in [2.05, 4.69) is 4.98 Å². The number of nitrogens with one attached hydrogen (secondary N) is 1. The number of amides is 1. The quantitative estimate of drug-likeness (QED) is 0.877. The number of aliphatic carboxylic acids is 1. The second-order valence-corrected chi connectivity index (χ2v) is 6.96. The number of likely N-dealkylation sites (tertiary alicyclic amines) is 1. The summed E-state index contributed by atoms with van der Waals surface area (Å²) in [4.78, 5) is 29.7. The first-order valence-corrected chi connectivity index (χ1v) is 8.38. The number of H-pyrrole nitrogens is 1. The van der Waals surface area contributed by atoms with Crippen molar-refractivity contribution in [2.45, 2.75) is 13.3 Å². The fourth-order valence-electron chi connectivity index (χ4n) is 4.04. The molecule has 4 rings (SSSR count). The van der Waals surface area contributed by atoms with Gasteiger partial charge in [0.2, 0.25) is 0 Å². The SMILES string of the molecule is Cc1[nH]ccc1C(=O)N1C[C@@H]2COc3ccccc3C[C@]2(C(=O)O)C1. The average molecular weight is 340 g/mol. The maximum Gasteiger partial charge on any atom is 0.312 e. The number of aromatic nitrogens is 1. The Balaban J connectivity index is 1.68. The van der Waals surface area contributed by atoms with E-state index in [9.17, 15) is 14.7 Å². The van der Waals surface area contributed by atoms with Crippen LogP contribution in [-0.2, 0) is 11.2 Å². The number of benzene rings is 1. The molecule has 2 aromatic rings. The first-order chi connectivity index (χ1) is 12.0. The lowest BCUT2D eigenvalue weighted by atomic mass is 9.74. The van der Waals surface area contributed by atoms with Crippen LogP contribution in [0.15, 0.2) is 36.5 Å². The van der Waals surface area contributed by atoms with Gasteiger partial charge in [0, 0.05) is 30.9 Å². The number of nitrogens with zero attached hydrogens (tertiary/aromatic N) is 1. The van der Waals surface area contributed by atoms with E-state index in [4.69, 9.17) is 4.74 Å². The lowest BCUT2D eigenvalue weighted by Gasteiger charge is -2.27. The number of carbonyl (C=O) groups is 2. The number of rotatable bonds is 2. The molecule has 0 bridgehead atoms. The van der Waals surface area contributed by atoms with Gasteiger partial charge in [0.05, 0.1) is 17.6 Å². The molecule has 0 radical (unpaired) electrons. The van der Waals surface area contributed by atoms with Crippen LogP contribution >= 0.6 is 0 Å². The van der Waals surface area contributed by atoms with Crippen molar-refractivity contribution in [2.75, 3.05) is 19.7 Å². The Kier molecular flexibility index (Phi) is 3.56. The van der Waals surface area contributed by atoms with E-state index < -0.39 is 11.4 Å². The van der Waals surface area contributed by atoms with Gasteiger partial charge < -0.3 is 19.7 Å². The number of ether oxygens (including phenoxy) is 1. The van der Waals surface area contributed by atoms with E-state index in [1.807, 2.05) is 31.2 Å². The van der Waals surface area contributed by atoms with Gasteiger partial charge in [0.1, 0.15) is 5.75 Å². The molecule has 25 heavy (non-hydrogen) atoms. The number of para-hydroxylation sites is 1. The Morgan fingerprint density at radius 1 is 1.32 bits per heavy atom. The zero-order valence-corrected chi connectivity index (χ0v) is 14.0. The van der Waals surface area contributed by atoms with Crippen LogP contribution in [0.1, 0.15) is 21.6 Å². The standard InChI is InChI=1S/C19H20N2O4/c1-12-15(6-7-20-12)17(22)21-9-14-10-25-16-5-3-2-4-13(16)8-19(14,11-21)18(23)24/h2-7,14,20H,8-11H2,1H3,(H,23,24)/t14-,19+/m1/s1. The van der Waals surface area contributed by atoms with Gasteiger partial charge in [-0.1, -0.05) is 18.2 Å². The molecule has 2 N–H and O–H groups in total. The van der Waals surface area contributed by atoms with Crippen LogP contribution in [0.25, 0.3) is 0 Å². The zero-order valence-electron chi connectivity index (χ0n) is 14.0. The van der Waals surface area contributed by atoms with E-state index in [1.165, 1.54) is 0 Å². The topological polar surface area (TPSA) is 82.6 Å². The summed E-state index contributed by atoms with van der Waals surface area (Å²) in [6.45, 7) is 2.74. The molecule has 1 amide bonds. The van der Waals surface area contributed by atoms with Crippen LogP contribution in [0.3, 0.4) is 0 Å². The van der Waals surface area contributed by atoms with Crippen LogP contribution in [0, 0.1) is 18.3 Å². The fraction of sp³-hybridized carbons (Fsp3) is 0.368. The van der Waals surface area contributed by atoms with Gasteiger partial charge in [-0.3, -0.25) is 9.59 Å². The number of fused-ring (bicyclic) bond motifs is 2. The predicted octanol–water partition coefficient (Wildman–Crippen LogP) is 2.10. The molecule has 1 aromatic heterocycles. The first-order valence-electron chi connectivity index (χ1n) is 8.38. The molecule has 1 fully saturated rings. The summed E-state index contributed by atoms with van der Waals surface area (Å²) in [6.07, 6.45) is 2.10. The van der Waals surface area contributed by atoms with E-state index in [0.29, 0.717) is 25.1 Å². The smallest absolute Gasteiger partial charge is 0.312 e. The van der Waals surface area contributed by atoms with Gasteiger partial charge in [0.25, 0.3) is 5.91 Å². The van der Waals surface area contributed by atoms with E-state index in [1.54, 1.807) is 17.2 Å². The summed E-state index contributed by atoms with van der Waals surface area (Å²) < 4.78 is 5.87. The normalized spacial score (nSPS) is 24.8. The summed E-state index contributed by atoms with van der Waals surface area (Å²) in [5.74, 6) is -0.475. The molecule has 2 atom stereocenters. The molecule has 2 aliphatic heterocycles. The third-order valence-electron chi connectivity index (χ3n) is 5.51. The molecule has 0 saturated carbocycles. The highest BCUT2D eigenvalue weighted by Gasteiger charge is 2.55. The third kappa shape index (κ3) is 2.40. The lowest BCUT2D eigenvalue weighted by Crippen LogP contribution is -2.42. The number of hydrogen-bond acceptors (Lipinski definition) is 3. The van der Waals surface area contributed by atoms with Crippen molar-refractivity contribution in [1.29, 1.82) is 0 Å². The lowest BCUT2D eigenvalue weighted by molar-refractivity contribution is -0.150. The number of carbonyl (C=O) groups excluding carboxylic acids is 1. The van der Waals surface area contributed by atoms with Crippen molar-refractivity contribution in [3.8, 4) is 5.75 Å². The molecule has 0 unspecified atom stereocenters. The Bertz CT molecular complexity index is 843. The van der Waals surface area contributed by atoms with Gasteiger partial charge in [-0.2, -0.15) is 0 Å². The molecule has 1 saturated heterocycles. The number of hydrogen-bond donors (Lipinski definition) is 2. The Labute approximate surface area is 145 Å². The highest BCUT2D eigenvalue weighted by molar-refractivity contribution is 5.96. The molecule has 6 nitrogen and oxygen atoms in total. The Hall–Kier alpha value is -2.76. The van der Waals surface area contributed by atoms with Crippen molar-refractivity contribution in [2.24, 2.45) is 11.3 Å². The number of carboxylic acid groups (broad SMARTS) is 1. The minimum absolute atomic E-state index is 0.124. The number of aryl methyl sites for hydroxylation is 1. The van der Waals surface area contributed by atoms with Crippen molar-refractivity contribution in [3.63, 3.8) is 0 Å². The van der Waals surface area contributed by atoms with Crippen molar-refractivity contribution < 1.29 is 19.4 Å². The average Bonchev–Trinajstić information content (AvgIpc) is 3.14. The van der Waals surface area contributed by atoms with Crippen molar-refractivity contribution >= 4 is 11.9 Å². The molecular formula is C19H20N2O4. The Morgan fingerprint density at radius 3 is 2.84 bits per heavy atom. The van der Waals surface area contributed by atoms with Crippen molar-refractivity contribution in [3.05, 3.63) is 53.3 Å². The largest absolute Gasteiger partial charge is 0.493 e. The van der Waals surface area contributed by atoms with Crippen LogP contribution in [0.4, 0.5) is 0 Å². The summed E-state index contributed by atoms with van der Waals surface area (Å²) >= 11 is 0. The van der Waals surface area contributed by atoms with Crippen molar-refractivity contribution in [1.82, 2.24) is 9.88 Å². The van der Waals surface area contributed by atoms with E-state index >= 15 is 0 Å². The Morgan fingerprint density at radius 2 is 2.12 bits per heavy atom. The van der Waals surface area contributed by atoms with Gasteiger partial charge in [-0.25, -0.2) is 0 Å². The van der Waals surface area contributed by atoms with Crippen LogP contribution < -0.4 is 4.74 Å². The van der Waals surface area contributed by atoms with Gasteiger partial charge in [0.15, 0.2) is 0 Å². The van der Waals surface area contributed by atoms with Crippen LogP contribution in [0.5, 0.6) is 5.75 Å². The summed E-state index contributed by atoms with van der Waals surface area (Å²) in [5.41, 5.74) is 1.27. The molecule has 1 aromatic carbocycles. The van der Waals surface area contributed by atoms with Crippen LogP contribution in [-0.4, -0.2) is 46.6 Å². The third-order valence-corrected chi connectivity index (χ3v) is 5.51. The number of carboxylic acids is 1. The molecule has 0 spiro atoms. The van der Waals surface area contributed by atoms with E-state index in [0.717, 1.165) is 17.0 Å². The maximum atomic E-state index is 12.8. The van der Waals surface area contributed by atoms with Gasteiger partial charge in [-0.15, -0.1) is 0 Å². The molecule has 2 aliphatic rings. The number of aromatic amines is 1. The second kappa shape index (κ2) is 5.65. The van der Waals surface area contributed by atoms with Gasteiger partial charge >= 0.3 is 5.97 Å². The first kappa shape index (κ1) is 15.7. The fourth-order valence-corrected chi connectivity index (χ4v) is 4.04. The highest BCUT2D eigenvalue weighted by atomic mass is 16.5. The van der Waals surface area contributed by atoms with E-state index in [-0.39, 0.29) is 18.4 Å². The molecule has 0 aliphatic carbocycles. The summed E-state index contributed by atoms with van der Waals surface area (Å²) in [5, 5.41) is 10.0. The van der Waals surface area contributed by atoms with Crippen LogP contribution in [0.2, 0.25) is 0 Å². The summed E-state index contributed by atoms with van der Waals surface area (Å²) in [6, 6.07) is 9.29. The molecule has 130 valence electrons. The minimum Gasteiger partial charge on any atom is -0.493 e. The van der Waals surface area contributed by atoms with Gasteiger partial charge in [-0.05, 0) is 31.0 Å². The molecular weight excluding hydrogens is 320 g/mol. The monoisotopic (exact) mass is 340 g/mol. The highest BCUT2D eigenvalue weighted by Crippen LogP contribution is 2.44. The second-order valence-electron chi connectivity index (χ2n) is 6.96. The minimum atomic E-state index is -1.01.